The number of nitrogens with two attached hydrogens (primary N) is 1. The average Bonchev–Trinajstić information content (AvgIpc) is 2.59. The first-order valence-electron chi connectivity index (χ1n) is 4.73. The Hall–Kier alpha value is -1.02. The monoisotopic (exact) mass is 265 g/mol. The third kappa shape index (κ3) is 3.24. The van der Waals surface area contributed by atoms with Crippen LogP contribution in [0.15, 0.2) is 0 Å². The fourth-order valence-electron chi connectivity index (χ4n) is 1.07. The van der Waals surface area contributed by atoms with Crippen LogP contribution in [0, 0.1) is 0 Å². The Bertz CT molecular complexity index is 441. The van der Waals surface area contributed by atoms with Crippen LogP contribution < -0.4 is 15.8 Å². The van der Waals surface area contributed by atoms with Gasteiger partial charge in [0.25, 0.3) is 0 Å². The highest BCUT2D eigenvalue weighted by Crippen LogP contribution is 2.34. The molecule has 0 saturated heterocycles. The van der Waals surface area contributed by atoms with E-state index in [-0.39, 0.29) is 11.5 Å². The maximum absolute atomic E-state index is 11.2. The van der Waals surface area contributed by atoms with Gasteiger partial charge in [0.05, 0.1) is 12.9 Å². The Morgan fingerprint density at radius 3 is 2.81 bits per heavy atom. The maximum atomic E-state index is 11.2. The smallest absolute Gasteiger partial charge is 0.197 e. The zero-order chi connectivity index (χ0) is 12.2. The van der Waals surface area contributed by atoms with Gasteiger partial charge in [0, 0.05) is 12.3 Å². The molecular weight excluding hydrogens is 250 g/mol. The summed E-state index contributed by atoms with van der Waals surface area (Å²) in [5.74, 6) is 1.02. The molecule has 0 spiro atoms. The second-order valence-corrected chi connectivity index (χ2v) is 6.34. The second kappa shape index (κ2) is 5.35. The highest BCUT2D eigenvalue weighted by molar-refractivity contribution is 7.91. The minimum absolute atomic E-state index is 0.0878. The molecule has 92 valence electrons. The van der Waals surface area contributed by atoms with Crippen LogP contribution in [-0.2, 0) is 9.84 Å². The number of sulfone groups is 1. The molecule has 0 aliphatic rings. The number of nitrogens with one attached hydrogen (secondary N) is 1. The molecule has 8 heteroatoms. The summed E-state index contributed by atoms with van der Waals surface area (Å²) in [6.07, 6.45) is 0. The SMILES string of the molecule is CCS(=O)(=O)CCNc1snc(N)c1OC. The first-order valence-corrected chi connectivity index (χ1v) is 7.33. The van der Waals surface area contributed by atoms with E-state index in [1.165, 1.54) is 7.11 Å². The van der Waals surface area contributed by atoms with E-state index in [0.717, 1.165) is 11.5 Å². The Kier molecular flexibility index (Phi) is 4.36. The molecule has 0 aliphatic carbocycles. The summed E-state index contributed by atoms with van der Waals surface area (Å²) < 4.78 is 31.4. The van der Waals surface area contributed by atoms with E-state index in [1.807, 2.05) is 0 Å². The van der Waals surface area contributed by atoms with E-state index in [2.05, 4.69) is 9.69 Å². The van der Waals surface area contributed by atoms with Crippen molar-refractivity contribution < 1.29 is 13.2 Å². The van der Waals surface area contributed by atoms with Crippen LogP contribution in [0.4, 0.5) is 10.8 Å². The molecule has 1 aromatic heterocycles. The van der Waals surface area contributed by atoms with E-state index in [4.69, 9.17) is 10.5 Å². The Labute approximate surface area is 98.9 Å². The molecule has 0 bridgehead atoms. The molecular formula is C8H15N3O3S2. The van der Waals surface area contributed by atoms with E-state index in [9.17, 15) is 8.42 Å². The lowest BCUT2D eigenvalue weighted by Crippen LogP contribution is -2.16. The van der Waals surface area contributed by atoms with Gasteiger partial charge in [-0.1, -0.05) is 6.92 Å². The van der Waals surface area contributed by atoms with Crippen LogP contribution in [0.2, 0.25) is 0 Å². The Morgan fingerprint density at radius 1 is 1.56 bits per heavy atom. The summed E-state index contributed by atoms with van der Waals surface area (Å²) >= 11 is 1.15. The number of nitrogen functional groups attached to an aromatic ring is 1. The van der Waals surface area contributed by atoms with Gasteiger partial charge in [-0.15, -0.1) is 0 Å². The summed E-state index contributed by atoms with van der Waals surface area (Å²) in [7, 11) is -1.46. The van der Waals surface area contributed by atoms with Crippen LogP contribution >= 0.6 is 11.5 Å². The molecule has 1 rings (SSSR count). The van der Waals surface area contributed by atoms with Gasteiger partial charge in [0.15, 0.2) is 26.4 Å². The normalized spacial score (nSPS) is 11.4. The van der Waals surface area contributed by atoms with Crippen LogP contribution in [0.1, 0.15) is 6.92 Å². The van der Waals surface area contributed by atoms with E-state index >= 15 is 0 Å². The summed E-state index contributed by atoms with van der Waals surface area (Å²) in [4.78, 5) is 0. The van der Waals surface area contributed by atoms with Crippen molar-refractivity contribution in [2.24, 2.45) is 0 Å². The zero-order valence-corrected chi connectivity index (χ0v) is 10.8. The van der Waals surface area contributed by atoms with Gasteiger partial charge in [-0.2, -0.15) is 4.37 Å². The highest BCUT2D eigenvalue weighted by atomic mass is 32.2. The summed E-state index contributed by atoms with van der Waals surface area (Å²) in [5.41, 5.74) is 5.55. The number of hydrogen-bond donors (Lipinski definition) is 2. The second-order valence-electron chi connectivity index (χ2n) is 3.09. The van der Waals surface area contributed by atoms with Crippen LogP contribution in [0.3, 0.4) is 0 Å². The van der Waals surface area contributed by atoms with Crippen LogP contribution in [0.25, 0.3) is 0 Å². The molecule has 0 amide bonds. The summed E-state index contributed by atoms with van der Waals surface area (Å²) in [5, 5.41) is 3.61. The number of anilines is 2. The minimum atomic E-state index is -2.95. The van der Waals surface area contributed by atoms with E-state index in [0.29, 0.717) is 23.1 Å². The first kappa shape index (κ1) is 13.0. The van der Waals surface area contributed by atoms with Gasteiger partial charge in [-0.25, -0.2) is 8.42 Å². The molecule has 0 fully saturated rings. The largest absolute Gasteiger partial charge is 0.490 e. The lowest BCUT2D eigenvalue weighted by Gasteiger charge is -2.05. The number of rotatable bonds is 6. The Balaban J connectivity index is 2.55. The molecule has 0 radical (unpaired) electrons. The Morgan fingerprint density at radius 2 is 2.25 bits per heavy atom. The number of methoxy groups -OCH3 is 1. The third-order valence-corrected chi connectivity index (χ3v) is 4.52. The quantitative estimate of drug-likeness (QED) is 0.781. The molecule has 1 heterocycles. The van der Waals surface area contributed by atoms with Gasteiger partial charge in [-0.05, 0) is 11.5 Å². The number of nitrogens with zero attached hydrogens (tertiary/aromatic N) is 1. The third-order valence-electron chi connectivity index (χ3n) is 2.02. The zero-order valence-electron chi connectivity index (χ0n) is 9.19. The lowest BCUT2D eigenvalue weighted by molar-refractivity contribution is 0.419. The summed E-state index contributed by atoms with van der Waals surface area (Å²) in [6, 6.07) is 0. The van der Waals surface area contributed by atoms with Gasteiger partial charge >= 0.3 is 0 Å². The van der Waals surface area contributed by atoms with Crippen molar-refractivity contribution in [2.45, 2.75) is 6.92 Å². The molecule has 0 atom stereocenters. The minimum Gasteiger partial charge on any atom is -0.490 e. The van der Waals surface area contributed by atoms with Gasteiger partial charge in [-0.3, -0.25) is 0 Å². The molecule has 6 nitrogen and oxygen atoms in total. The van der Waals surface area contributed by atoms with E-state index in [1.54, 1.807) is 6.92 Å². The molecule has 0 aromatic carbocycles. The van der Waals surface area contributed by atoms with Crippen molar-refractivity contribution in [3.8, 4) is 5.75 Å². The number of aromatic nitrogens is 1. The lowest BCUT2D eigenvalue weighted by atomic mass is 10.5. The maximum Gasteiger partial charge on any atom is 0.197 e. The predicted octanol–water partition coefficient (Wildman–Crippen LogP) is 0.581. The number of ether oxygens (including phenoxy) is 1. The molecule has 1 aromatic rings. The van der Waals surface area contributed by atoms with Gasteiger partial charge in [0.2, 0.25) is 0 Å². The highest BCUT2D eigenvalue weighted by Gasteiger charge is 2.12. The van der Waals surface area contributed by atoms with Crippen LogP contribution in [0.5, 0.6) is 5.75 Å². The van der Waals surface area contributed by atoms with Crippen molar-refractivity contribution in [1.82, 2.24) is 4.37 Å². The fourth-order valence-corrected chi connectivity index (χ4v) is 2.48. The van der Waals surface area contributed by atoms with E-state index < -0.39 is 9.84 Å². The van der Waals surface area contributed by atoms with Gasteiger partial charge < -0.3 is 15.8 Å². The van der Waals surface area contributed by atoms with Crippen molar-refractivity contribution in [1.29, 1.82) is 0 Å². The van der Waals surface area contributed by atoms with Crippen molar-refractivity contribution in [2.75, 3.05) is 36.2 Å². The fraction of sp³-hybridized carbons (Fsp3) is 0.625. The van der Waals surface area contributed by atoms with Gasteiger partial charge in [0.1, 0.15) is 0 Å². The summed E-state index contributed by atoms with van der Waals surface area (Å²) in [6.45, 7) is 1.95. The molecule has 3 N–H and O–H groups in total. The van der Waals surface area contributed by atoms with Crippen molar-refractivity contribution in [3.05, 3.63) is 0 Å². The van der Waals surface area contributed by atoms with Crippen molar-refractivity contribution in [3.63, 3.8) is 0 Å². The molecule has 16 heavy (non-hydrogen) atoms. The standard InChI is InChI=1S/C8H15N3O3S2/c1-3-16(12,13)5-4-10-8-6(14-2)7(9)11-15-8/h10H,3-5H2,1-2H3,(H2,9,11). The number of hydrogen-bond acceptors (Lipinski definition) is 7. The van der Waals surface area contributed by atoms with Crippen LogP contribution in [-0.4, -0.2) is 38.0 Å². The molecule has 0 aliphatic heterocycles. The predicted molar refractivity (Wildman–Crippen MR) is 65.9 cm³/mol. The molecule has 0 unspecified atom stereocenters. The van der Waals surface area contributed by atoms with Crippen molar-refractivity contribution >= 4 is 32.2 Å². The average molecular weight is 265 g/mol. The first-order chi connectivity index (χ1) is 7.50. The topological polar surface area (TPSA) is 94.3 Å². The molecule has 0 saturated carbocycles.